The lowest BCUT2D eigenvalue weighted by Gasteiger charge is -2.24. The first-order valence-electron chi connectivity index (χ1n) is 7.98. The van der Waals surface area contributed by atoms with Crippen LogP contribution in [0.1, 0.15) is 44.6 Å². The zero-order valence-corrected chi connectivity index (χ0v) is 13.0. The van der Waals surface area contributed by atoms with Gasteiger partial charge < -0.3 is 10.6 Å². The highest BCUT2D eigenvalue weighted by Gasteiger charge is 2.15. The minimum atomic E-state index is -0.355. The molecule has 1 aromatic rings. The molecule has 1 aliphatic carbocycles. The molecule has 0 bridgehead atoms. The van der Waals surface area contributed by atoms with E-state index in [0.717, 1.165) is 25.3 Å². The van der Waals surface area contributed by atoms with Gasteiger partial charge in [0.05, 0.1) is 17.0 Å². The van der Waals surface area contributed by atoms with Gasteiger partial charge in [-0.2, -0.15) is 0 Å². The smallest absolute Gasteiger partial charge is 0.274 e. The van der Waals surface area contributed by atoms with Crippen LogP contribution in [0.25, 0.3) is 0 Å². The average Bonchev–Trinajstić information content (AvgIpc) is 2.54. The largest absolute Gasteiger partial charge is 0.357 e. The second-order valence-electron chi connectivity index (χ2n) is 5.56. The van der Waals surface area contributed by atoms with Crippen molar-refractivity contribution in [3.8, 4) is 0 Å². The number of nitro groups is 1. The Balaban J connectivity index is 2.04. The summed E-state index contributed by atoms with van der Waals surface area (Å²) in [5.74, 6) is 0.743. The molecule has 1 aliphatic rings. The van der Waals surface area contributed by atoms with E-state index < -0.39 is 0 Å². The zero-order valence-electron chi connectivity index (χ0n) is 13.0. The zero-order chi connectivity index (χ0) is 15.8. The van der Waals surface area contributed by atoms with E-state index in [1.165, 1.54) is 25.3 Å². The van der Waals surface area contributed by atoms with Gasteiger partial charge in [-0.25, -0.2) is 4.99 Å². The van der Waals surface area contributed by atoms with E-state index in [1.807, 2.05) is 6.92 Å². The lowest BCUT2D eigenvalue weighted by Crippen LogP contribution is -2.44. The molecule has 1 fully saturated rings. The predicted octanol–water partition coefficient (Wildman–Crippen LogP) is 2.98. The maximum Gasteiger partial charge on any atom is 0.274 e. The Bertz CT molecular complexity index is 525. The number of para-hydroxylation sites is 1. The highest BCUT2D eigenvalue weighted by atomic mass is 16.6. The van der Waals surface area contributed by atoms with Crippen LogP contribution >= 0.6 is 0 Å². The molecule has 0 heterocycles. The Hall–Kier alpha value is -2.11. The van der Waals surface area contributed by atoms with Gasteiger partial charge in [0.1, 0.15) is 0 Å². The third kappa shape index (κ3) is 4.72. The summed E-state index contributed by atoms with van der Waals surface area (Å²) in [5, 5.41) is 17.7. The van der Waals surface area contributed by atoms with Crippen molar-refractivity contribution in [1.29, 1.82) is 0 Å². The van der Waals surface area contributed by atoms with Crippen LogP contribution in [0.3, 0.4) is 0 Å². The number of benzene rings is 1. The molecule has 0 unspecified atom stereocenters. The monoisotopic (exact) mass is 304 g/mol. The van der Waals surface area contributed by atoms with Gasteiger partial charge >= 0.3 is 0 Å². The maximum absolute atomic E-state index is 11.0. The third-order valence-electron chi connectivity index (χ3n) is 3.89. The van der Waals surface area contributed by atoms with Crippen LogP contribution < -0.4 is 10.6 Å². The van der Waals surface area contributed by atoms with Crippen LogP contribution in [0.2, 0.25) is 0 Å². The van der Waals surface area contributed by atoms with Gasteiger partial charge in [-0.1, -0.05) is 37.5 Å². The van der Waals surface area contributed by atoms with E-state index >= 15 is 0 Å². The summed E-state index contributed by atoms with van der Waals surface area (Å²) in [5.41, 5.74) is 0.758. The molecule has 0 saturated heterocycles. The number of hydrogen-bond acceptors (Lipinski definition) is 3. The molecular weight excluding hydrogens is 280 g/mol. The molecule has 22 heavy (non-hydrogen) atoms. The molecule has 0 amide bonds. The van der Waals surface area contributed by atoms with Gasteiger partial charge in [0.2, 0.25) is 0 Å². The number of guanidine groups is 1. The van der Waals surface area contributed by atoms with Crippen LogP contribution in [0, 0.1) is 10.1 Å². The molecule has 1 aromatic carbocycles. The Kier molecular flexibility index (Phi) is 6.18. The summed E-state index contributed by atoms with van der Waals surface area (Å²) in [6.07, 6.45) is 6.14. The number of rotatable bonds is 5. The first kappa shape index (κ1) is 16.3. The van der Waals surface area contributed by atoms with Crippen molar-refractivity contribution in [1.82, 2.24) is 10.6 Å². The lowest BCUT2D eigenvalue weighted by atomic mass is 9.96. The standard InChI is InChI=1S/C16H24N4O2/c1-2-17-16(19-14-9-4-3-5-10-14)18-12-13-8-6-7-11-15(13)20(21)22/h6-8,11,14H,2-5,9-10,12H2,1H3,(H2,17,18,19). The minimum absolute atomic E-state index is 0.125. The van der Waals surface area contributed by atoms with Gasteiger partial charge in [-0.3, -0.25) is 10.1 Å². The van der Waals surface area contributed by atoms with Gasteiger partial charge in [-0.05, 0) is 19.8 Å². The molecule has 0 radical (unpaired) electrons. The van der Waals surface area contributed by atoms with Gasteiger partial charge in [0.15, 0.2) is 5.96 Å². The molecule has 2 N–H and O–H groups in total. The van der Waals surface area contributed by atoms with Crippen molar-refractivity contribution in [2.24, 2.45) is 4.99 Å². The van der Waals surface area contributed by atoms with Gasteiger partial charge in [-0.15, -0.1) is 0 Å². The fraction of sp³-hybridized carbons (Fsp3) is 0.562. The third-order valence-corrected chi connectivity index (χ3v) is 3.89. The molecule has 1 saturated carbocycles. The average molecular weight is 304 g/mol. The highest BCUT2D eigenvalue weighted by Crippen LogP contribution is 2.19. The number of nitrogens with zero attached hydrogens (tertiary/aromatic N) is 2. The van der Waals surface area contributed by atoms with Crippen LogP contribution in [0.15, 0.2) is 29.3 Å². The quantitative estimate of drug-likeness (QED) is 0.379. The second kappa shape index (κ2) is 8.36. The van der Waals surface area contributed by atoms with Crippen molar-refractivity contribution in [3.63, 3.8) is 0 Å². The van der Waals surface area contributed by atoms with Crippen molar-refractivity contribution in [2.75, 3.05) is 6.54 Å². The van der Waals surface area contributed by atoms with Crippen molar-refractivity contribution in [2.45, 2.75) is 51.6 Å². The Morgan fingerprint density at radius 2 is 2.05 bits per heavy atom. The van der Waals surface area contributed by atoms with E-state index in [-0.39, 0.29) is 10.6 Å². The van der Waals surface area contributed by atoms with Crippen LogP contribution in [-0.4, -0.2) is 23.5 Å². The summed E-state index contributed by atoms with van der Waals surface area (Å²) >= 11 is 0. The minimum Gasteiger partial charge on any atom is -0.357 e. The van der Waals surface area contributed by atoms with Crippen LogP contribution in [0.5, 0.6) is 0 Å². The normalized spacial score (nSPS) is 16.3. The van der Waals surface area contributed by atoms with Crippen molar-refractivity contribution < 1.29 is 4.92 Å². The van der Waals surface area contributed by atoms with Gasteiger partial charge in [0, 0.05) is 18.7 Å². The molecule has 0 atom stereocenters. The molecule has 120 valence electrons. The van der Waals surface area contributed by atoms with Crippen LogP contribution in [0.4, 0.5) is 5.69 Å². The van der Waals surface area contributed by atoms with E-state index in [9.17, 15) is 10.1 Å². The number of aliphatic imine (C=N–C) groups is 1. The van der Waals surface area contributed by atoms with Crippen LogP contribution in [-0.2, 0) is 6.54 Å². The summed E-state index contributed by atoms with van der Waals surface area (Å²) in [4.78, 5) is 15.2. The van der Waals surface area contributed by atoms with Gasteiger partial charge in [0.25, 0.3) is 5.69 Å². The van der Waals surface area contributed by atoms with Crippen molar-refractivity contribution in [3.05, 3.63) is 39.9 Å². The fourth-order valence-corrected chi connectivity index (χ4v) is 2.75. The summed E-state index contributed by atoms with van der Waals surface area (Å²) < 4.78 is 0. The predicted molar refractivity (Wildman–Crippen MR) is 87.9 cm³/mol. The van der Waals surface area contributed by atoms with E-state index in [1.54, 1.807) is 18.2 Å². The molecule has 0 spiro atoms. The van der Waals surface area contributed by atoms with E-state index in [2.05, 4.69) is 15.6 Å². The first-order chi connectivity index (χ1) is 10.7. The topological polar surface area (TPSA) is 79.6 Å². The van der Waals surface area contributed by atoms with Crippen molar-refractivity contribution >= 4 is 11.6 Å². The Labute approximate surface area is 131 Å². The first-order valence-corrected chi connectivity index (χ1v) is 7.98. The number of nitro benzene ring substituents is 1. The summed E-state index contributed by atoms with van der Waals surface area (Å²) in [6, 6.07) is 7.21. The molecule has 6 nitrogen and oxygen atoms in total. The lowest BCUT2D eigenvalue weighted by molar-refractivity contribution is -0.385. The molecule has 0 aromatic heterocycles. The molecule has 0 aliphatic heterocycles. The highest BCUT2D eigenvalue weighted by molar-refractivity contribution is 5.80. The molecule has 6 heteroatoms. The van der Waals surface area contributed by atoms with E-state index in [0.29, 0.717) is 18.2 Å². The SMILES string of the molecule is CCNC(=NCc1ccccc1[N+](=O)[O-])NC1CCCCC1. The Morgan fingerprint density at radius 1 is 1.32 bits per heavy atom. The summed E-state index contributed by atoms with van der Waals surface area (Å²) in [7, 11) is 0. The fourth-order valence-electron chi connectivity index (χ4n) is 2.75. The second-order valence-corrected chi connectivity index (χ2v) is 5.56. The van der Waals surface area contributed by atoms with E-state index in [4.69, 9.17) is 0 Å². The maximum atomic E-state index is 11.0. The number of hydrogen-bond donors (Lipinski definition) is 2. The molecular formula is C16H24N4O2. The summed E-state index contributed by atoms with van der Waals surface area (Å²) in [6.45, 7) is 3.09. The Morgan fingerprint density at radius 3 is 2.73 bits per heavy atom. The number of nitrogens with one attached hydrogen (secondary N) is 2. The molecule has 2 rings (SSSR count).